The predicted octanol–water partition coefficient (Wildman–Crippen LogP) is 2.44. The zero-order valence-electron chi connectivity index (χ0n) is 14.4. The van der Waals surface area contributed by atoms with E-state index in [9.17, 15) is 22.2 Å². The van der Waals surface area contributed by atoms with E-state index in [0.717, 1.165) is 12.3 Å². The number of benzene rings is 1. The molecule has 1 aliphatic heterocycles. The van der Waals surface area contributed by atoms with Gasteiger partial charge in [0.2, 0.25) is 0 Å². The molecule has 1 spiro atoms. The number of rotatable bonds is 3. The molecule has 2 atom stereocenters. The molecule has 1 aliphatic carbocycles. The van der Waals surface area contributed by atoms with Crippen molar-refractivity contribution in [3.8, 4) is 0 Å². The van der Waals surface area contributed by atoms with Gasteiger partial charge in [0.25, 0.3) is 5.91 Å². The molecular weight excluding hydrogens is 393 g/mol. The van der Waals surface area contributed by atoms with Gasteiger partial charge in [0.1, 0.15) is 22.2 Å². The Morgan fingerprint density at radius 3 is 2.61 bits per heavy atom. The highest BCUT2D eigenvalue weighted by Gasteiger charge is 2.55. The maximum atomic E-state index is 14.3. The third kappa shape index (κ3) is 3.17. The summed E-state index contributed by atoms with van der Waals surface area (Å²) < 4.78 is 52.9. The van der Waals surface area contributed by atoms with E-state index in [4.69, 9.17) is 5.73 Å². The number of halogens is 3. The van der Waals surface area contributed by atoms with Gasteiger partial charge in [-0.2, -0.15) is 0 Å². The predicted molar refractivity (Wildman–Crippen MR) is 97.8 cm³/mol. The lowest BCUT2D eigenvalue weighted by Gasteiger charge is -2.25. The van der Waals surface area contributed by atoms with Gasteiger partial charge in [-0.25, -0.2) is 18.2 Å². The molecule has 10 heteroatoms. The van der Waals surface area contributed by atoms with Gasteiger partial charge in [0.05, 0.1) is 18.0 Å². The molecule has 2 unspecified atom stereocenters. The van der Waals surface area contributed by atoms with Gasteiger partial charge in [-0.05, 0) is 31.0 Å². The molecular formula is C18H15F3N4O2S. The maximum Gasteiger partial charge on any atom is 0.277 e. The van der Waals surface area contributed by atoms with E-state index in [1.54, 1.807) is 0 Å². The molecule has 28 heavy (non-hydrogen) atoms. The molecule has 0 saturated heterocycles. The van der Waals surface area contributed by atoms with Gasteiger partial charge >= 0.3 is 0 Å². The first-order valence-corrected chi connectivity index (χ1v) is 9.76. The van der Waals surface area contributed by atoms with Crippen molar-refractivity contribution in [2.24, 2.45) is 10.7 Å². The number of pyridine rings is 1. The number of aromatic nitrogens is 1. The van der Waals surface area contributed by atoms with Crippen molar-refractivity contribution in [3.63, 3.8) is 0 Å². The summed E-state index contributed by atoms with van der Waals surface area (Å²) in [5.41, 5.74) is 5.64. The second kappa shape index (κ2) is 6.69. The zero-order valence-corrected chi connectivity index (χ0v) is 15.2. The average Bonchev–Trinajstić information content (AvgIpc) is 3.43. The molecule has 2 aliphatic rings. The van der Waals surface area contributed by atoms with Crippen LogP contribution in [0.3, 0.4) is 0 Å². The van der Waals surface area contributed by atoms with Crippen molar-refractivity contribution in [1.29, 1.82) is 0 Å². The summed E-state index contributed by atoms with van der Waals surface area (Å²) in [5.74, 6) is -3.14. The number of amidine groups is 1. The first-order valence-electron chi connectivity index (χ1n) is 8.44. The van der Waals surface area contributed by atoms with Gasteiger partial charge in [0, 0.05) is 28.1 Å². The summed E-state index contributed by atoms with van der Waals surface area (Å²) in [6.07, 6.45) is 2.13. The number of carbonyl (C=O) groups is 1. The molecule has 2 aromatic rings. The Morgan fingerprint density at radius 1 is 1.21 bits per heavy atom. The molecule has 2 heterocycles. The number of carbonyl (C=O) groups excluding carboxylic acids is 1. The van der Waals surface area contributed by atoms with Crippen LogP contribution in [0.1, 0.15) is 34.9 Å². The first kappa shape index (κ1) is 18.6. The number of nitrogens with two attached hydrogens (primary N) is 1. The van der Waals surface area contributed by atoms with Gasteiger partial charge in [-0.3, -0.25) is 14.0 Å². The van der Waals surface area contributed by atoms with E-state index >= 15 is 0 Å². The van der Waals surface area contributed by atoms with Gasteiger partial charge < -0.3 is 11.1 Å². The topological polar surface area (TPSA) is 97.4 Å². The van der Waals surface area contributed by atoms with Crippen LogP contribution < -0.4 is 11.1 Å². The van der Waals surface area contributed by atoms with Crippen molar-refractivity contribution in [2.45, 2.75) is 23.6 Å². The molecule has 6 nitrogen and oxygen atoms in total. The molecule has 1 aromatic heterocycles. The fourth-order valence-electron chi connectivity index (χ4n) is 3.15. The molecule has 1 fully saturated rings. The van der Waals surface area contributed by atoms with Crippen molar-refractivity contribution in [2.75, 3.05) is 11.1 Å². The van der Waals surface area contributed by atoms with Crippen LogP contribution in [0.5, 0.6) is 0 Å². The molecule has 3 N–H and O–H groups in total. The van der Waals surface area contributed by atoms with Crippen molar-refractivity contribution >= 4 is 28.2 Å². The van der Waals surface area contributed by atoms with Crippen molar-refractivity contribution < 1.29 is 22.2 Å². The summed E-state index contributed by atoms with van der Waals surface area (Å²) in [5, 5.41) is 2.39. The Morgan fingerprint density at radius 2 is 1.96 bits per heavy atom. The Bertz CT molecular complexity index is 1040. The number of nitrogens with one attached hydrogen (secondary N) is 1. The van der Waals surface area contributed by atoms with Gasteiger partial charge in [-0.1, -0.05) is 0 Å². The van der Waals surface area contributed by atoms with E-state index in [2.05, 4.69) is 15.3 Å². The Kier molecular flexibility index (Phi) is 4.45. The molecule has 1 amide bonds. The highest BCUT2D eigenvalue weighted by molar-refractivity contribution is 7.87. The second-order valence-corrected chi connectivity index (χ2v) is 8.52. The lowest BCUT2D eigenvalue weighted by Crippen LogP contribution is -2.41. The lowest BCUT2D eigenvalue weighted by atomic mass is 10.1. The Labute approximate surface area is 160 Å². The maximum absolute atomic E-state index is 14.3. The zero-order chi connectivity index (χ0) is 20.1. The van der Waals surface area contributed by atoms with Crippen LogP contribution in [-0.4, -0.2) is 31.4 Å². The fourth-order valence-corrected chi connectivity index (χ4v) is 4.85. The summed E-state index contributed by atoms with van der Waals surface area (Å²) in [6.45, 7) is 0. The first-order chi connectivity index (χ1) is 13.3. The van der Waals surface area contributed by atoms with E-state index in [1.807, 2.05) is 0 Å². The highest BCUT2D eigenvalue weighted by atomic mass is 32.2. The minimum Gasteiger partial charge on any atom is -0.386 e. The lowest BCUT2D eigenvalue weighted by molar-refractivity contribution is 0.101. The third-order valence-corrected chi connectivity index (χ3v) is 6.95. The summed E-state index contributed by atoms with van der Waals surface area (Å²) >= 11 is 0. The van der Waals surface area contributed by atoms with Crippen LogP contribution in [0.2, 0.25) is 0 Å². The fraction of sp³-hybridized carbons (Fsp3) is 0.278. The van der Waals surface area contributed by atoms with Crippen LogP contribution in [0.15, 0.2) is 35.5 Å². The second-order valence-electron chi connectivity index (χ2n) is 6.71. The van der Waals surface area contributed by atoms with E-state index < -0.39 is 50.6 Å². The molecule has 146 valence electrons. The summed E-state index contributed by atoms with van der Waals surface area (Å²) in [4.78, 5) is 19.9. The number of amides is 1. The molecule has 0 bridgehead atoms. The van der Waals surface area contributed by atoms with Crippen molar-refractivity contribution in [1.82, 2.24) is 4.98 Å². The largest absolute Gasteiger partial charge is 0.386 e. The minimum atomic E-state index is -1.27. The number of anilines is 1. The van der Waals surface area contributed by atoms with Gasteiger partial charge in [-0.15, -0.1) is 0 Å². The monoisotopic (exact) mass is 408 g/mol. The summed E-state index contributed by atoms with van der Waals surface area (Å²) in [7, 11) is -1.27. The quantitative estimate of drug-likeness (QED) is 0.815. The SMILES string of the molecule is NC1=NC(c2cc(NC(=O)c3ncc(F)cc3F)ccc2F)CS(=O)C12CC2. The number of hydrogen-bond acceptors (Lipinski definition) is 5. The van der Waals surface area contributed by atoms with Gasteiger partial charge in [0.15, 0.2) is 11.5 Å². The van der Waals surface area contributed by atoms with E-state index in [-0.39, 0.29) is 22.8 Å². The standard InChI is InChI=1S/C18H15F3N4O2S/c19-9-5-13(21)15(23-7-9)16(26)24-10-1-2-12(20)11(6-10)14-8-28(27)18(3-4-18)17(22)25-14/h1-2,5-7,14H,3-4,8H2,(H2,22,25)(H,24,26). The van der Waals surface area contributed by atoms with Crippen LogP contribution in [0.4, 0.5) is 18.9 Å². The molecule has 4 rings (SSSR count). The van der Waals surface area contributed by atoms with Crippen molar-refractivity contribution in [3.05, 3.63) is 59.2 Å². The molecule has 1 saturated carbocycles. The van der Waals surface area contributed by atoms with Crippen LogP contribution in [0.25, 0.3) is 0 Å². The third-order valence-electron chi connectivity index (χ3n) is 4.85. The van der Waals surface area contributed by atoms with E-state index in [1.165, 1.54) is 12.1 Å². The number of aliphatic imine (C=N–C) groups is 1. The van der Waals surface area contributed by atoms with E-state index in [0.29, 0.717) is 18.9 Å². The highest BCUT2D eigenvalue weighted by Crippen LogP contribution is 2.46. The van der Waals surface area contributed by atoms with Crippen LogP contribution >= 0.6 is 0 Å². The summed E-state index contributed by atoms with van der Waals surface area (Å²) in [6, 6.07) is 3.53. The Hall–Kier alpha value is -2.75. The molecule has 0 radical (unpaired) electrons. The smallest absolute Gasteiger partial charge is 0.277 e. The van der Waals surface area contributed by atoms with Crippen LogP contribution in [-0.2, 0) is 10.8 Å². The Balaban J connectivity index is 1.60. The number of hydrogen-bond donors (Lipinski definition) is 2. The van der Waals surface area contributed by atoms with Crippen LogP contribution in [0, 0.1) is 17.5 Å². The molecule has 1 aromatic carbocycles. The minimum absolute atomic E-state index is 0.122. The number of nitrogens with zero attached hydrogens (tertiary/aromatic N) is 2. The normalized spacial score (nSPS) is 22.6. The average molecular weight is 408 g/mol.